The molecule has 0 bridgehead atoms. The summed E-state index contributed by atoms with van der Waals surface area (Å²) < 4.78 is 0. The molecule has 1 atom stereocenters. The Balaban J connectivity index is 1.78. The van der Waals surface area contributed by atoms with E-state index in [4.69, 9.17) is 0 Å². The van der Waals surface area contributed by atoms with Crippen LogP contribution < -0.4 is 0 Å². The van der Waals surface area contributed by atoms with E-state index in [1.807, 2.05) is 24.3 Å². The summed E-state index contributed by atoms with van der Waals surface area (Å²) in [6.07, 6.45) is 4.18. The van der Waals surface area contributed by atoms with E-state index in [0.717, 1.165) is 42.3 Å². The monoisotopic (exact) mass is 330 g/mol. The zero-order valence-electron chi connectivity index (χ0n) is 13.4. The predicted octanol–water partition coefficient (Wildman–Crippen LogP) is 3.83. The van der Waals surface area contributed by atoms with E-state index in [0.29, 0.717) is 12.2 Å². The number of Topliss-reactive ketones (excluding diaryl/α,β-unsaturated/α-hetero) is 1. The number of para-hydroxylation sites is 1. The molecule has 1 aliphatic rings. The molecule has 1 N–H and O–H groups in total. The molecule has 1 fully saturated rings. The number of piperidine rings is 1. The Bertz CT molecular complexity index is 677. The van der Waals surface area contributed by atoms with Crippen LogP contribution in [0.2, 0.25) is 0 Å². The van der Waals surface area contributed by atoms with Gasteiger partial charge in [-0.1, -0.05) is 25.1 Å². The zero-order chi connectivity index (χ0) is 16.2. The summed E-state index contributed by atoms with van der Waals surface area (Å²) in [6.45, 7) is 2.82. The van der Waals surface area contributed by atoms with Crippen LogP contribution in [-0.2, 0) is 4.79 Å². The number of H-pyrrole nitrogens is 1. The van der Waals surface area contributed by atoms with Gasteiger partial charge in [0.05, 0.1) is 11.1 Å². The summed E-state index contributed by atoms with van der Waals surface area (Å²) in [7, 11) is 0. The zero-order valence-corrected chi connectivity index (χ0v) is 14.2. The van der Waals surface area contributed by atoms with Crippen LogP contribution in [0.25, 0.3) is 10.9 Å². The van der Waals surface area contributed by atoms with Gasteiger partial charge in [0.15, 0.2) is 0 Å². The van der Waals surface area contributed by atoms with Crippen LogP contribution in [0.4, 0.5) is 0 Å². The number of aromatic amines is 1. The molecule has 0 saturated carbocycles. The topological polar surface area (TPSA) is 53.2 Å². The Kier molecular flexibility index (Phi) is 5.06. The van der Waals surface area contributed by atoms with Gasteiger partial charge in [-0.2, -0.15) is 0 Å². The maximum atomic E-state index is 12.7. The van der Waals surface area contributed by atoms with Crippen molar-refractivity contribution < 1.29 is 9.59 Å². The summed E-state index contributed by atoms with van der Waals surface area (Å²) in [5, 5.41) is 1.10. The number of hydrogen-bond acceptors (Lipinski definition) is 3. The van der Waals surface area contributed by atoms with Crippen molar-refractivity contribution in [2.45, 2.75) is 38.0 Å². The minimum atomic E-state index is -0.426. The van der Waals surface area contributed by atoms with Crippen molar-refractivity contribution in [2.75, 3.05) is 12.3 Å². The minimum Gasteiger partial charge on any atom is -0.352 e. The van der Waals surface area contributed by atoms with Crippen molar-refractivity contribution in [1.82, 2.24) is 9.88 Å². The van der Waals surface area contributed by atoms with Gasteiger partial charge in [-0.05, 0) is 43.6 Å². The fraction of sp³-hybridized carbons (Fsp3) is 0.444. The Morgan fingerprint density at radius 1 is 1.30 bits per heavy atom. The van der Waals surface area contributed by atoms with E-state index in [9.17, 15) is 9.59 Å². The predicted molar refractivity (Wildman–Crippen MR) is 94.7 cm³/mol. The van der Waals surface area contributed by atoms with Gasteiger partial charge in [0, 0.05) is 17.4 Å². The Morgan fingerprint density at radius 3 is 2.91 bits per heavy atom. The van der Waals surface area contributed by atoms with Crippen molar-refractivity contribution >= 4 is 34.4 Å². The van der Waals surface area contributed by atoms with Crippen molar-refractivity contribution in [2.24, 2.45) is 0 Å². The number of nitrogens with one attached hydrogen (secondary N) is 1. The molecule has 2 aromatic rings. The molecule has 2 heterocycles. The first-order valence-corrected chi connectivity index (χ1v) is 9.30. The number of benzene rings is 1. The van der Waals surface area contributed by atoms with Gasteiger partial charge < -0.3 is 9.88 Å². The van der Waals surface area contributed by atoms with Gasteiger partial charge in [0.1, 0.15) is 0 Å². The molecule has 1 aromatic carbocycles. The average molecular weight is 330 g/mol. The van der Waals surface area contributed by atoms with Gasteiger partial charge in [-0.3, -0.25) is 9.59 Å². The highest BCUT2D eigenvalue weighted by Crippen LogP contribution is 2.27. The number of fused-ring (bicyclic) bond motifs is 1. The lowest BCUT2D eigenvalue weighted by molar-refractivity contribution is -0.128. The van der Waals surface area contributed by atoms with Crippen molar-refractivity contribution in [1.29, 1.82) is 0 Å². The molecule has 1 amide bonds. The normalized spacial score (nSPS) is 18.3. The summed E-state index contributed by atoms with van der Waals surface area (Å²) in [6, 6.07) is 9.46. The Morgan fingerprint density at radius 2 is 2.13 bits per heavy atom. The third kappa shape index (κ3) is 3.44. The molecule has 1 saturated heterocycles. The maximum absolute atomic E-state index is 12.7. The van der Waals surface area contributed by atoms with Crippen molar-refractivity contribution in [3.8, 4) is 0 Å². The number of thioether (sulfide) groups is 1. The van der Waals surface area contributed by atoms with Gasteiger partial charge in [-0.15, -0.1) is 11.8 Å². The highest BCUT2D eigenvalue weighted by molar-refractivity contribution is 7.99. The lowest BCUT2D eigenvalue weighted by Gasteiger charge is -2.34. The second kappa shape index (κ2) is 7.21. The third-order valence-electron chi connectivity index (χ3n) is 4.19. The molecule has 0 radical (unpaired) electrons. The van der Waals surface area contributed by atoms with Crippen LogP contribution in [0.5, 0.6) is 0 Å². The molecule has 1 unspecified atom stereocenters. The highest BCUT2D eigenvalue weighted by Gasteiger charge is 2.31. The fourth-order valence-corrected chi connectivity index (χ4v) is 4.22. The van der Waals surface area contributed by atoms with E-state index in [2.05, 4.69) is 11.9 Å². The molecule has 5 heteroatoms. The van der Waals surface area contributed by atoms with E-state index in [1.165, 1.54) is 0 Å². The lowest BCUT2D eigenvalue weighted by Crippen LogP contribution is -2.45. The molecule has 1 aliphatic heterocycles. The van der Waals surface area contributed by atoms with Crippen LogP contribution >= 0.6 is 11.8 Å². The number of carbonyl (C=O) groups excluding carboxylic acids is 2. The van der Waals surface area contributed by atoms with Gasteiger partial charge in [0.25, 0.3) is 11.7 Å². The SMILES string of the molecule is CCCSC1CCCCN1C(=O)C(=O)c1cc2ccccc2[nH]1. The third-order valence-corrected chi connectivity index (χ3v) is 5.71. The number of nitrogens with zero attached hydrogens (tertiary/aromatic N) is 1. The van der Waals surface area contributed by atoms with E-state index in [1.54, 1.807) is 22.7 Å². The summed E-state index contributed by atoms with van der Waals surface area (Å²) in [5.41, 5.74) is 1.28. The van der Waals surface area contributed by atoms with E-state index in [-0.39, 0.29) is 11.3 Å². The number of ketones is 1. The Labute approximate surface area is 140 Å². The van der Waals surface area contributed by atoms with Gasteiger partial charge in [-0.25, -0.2) is 0 Å². The molecule has 1 aromatic heterocycles. The van der Waals surface area contributed by atoms with Crippen LogP contribution in [0.15, 0.2) is 30.3 Å². The molecule has 0 aliphatic carbocycles. The number of amides is 1. The first kappa shape index (κ1) is 16.1. The number of aromatic nitrogens is 1. The second-order valence-electron chi connectivity index (χ2n) is 5.92. The Hall–Kier alpha value is -1.75. The van der Waals surface area contributed by atoms with Crippen LogP contribution in [0.3, 0.4) is 0 Å². The number of hydrogen-bond donors (Lipinski definition) is 1. The van der Waals surface area contributed by atoms with Gasteiger partial charge in [0.2, 0.25) is 0 Å². The molecule has 23 heavy (non-hydrogen) atoms. The highest BCUT2D eigenvalue weighted by atomic mass is 32.2. The first-order valence-electron chi connectivity index (χ1n) is 8.25. The maximum Gasteiger partial charge on any atom is 0.297 e. The van der Waals surface area contributed by atoms with Crippen LogP contribution in [0.1, 0.15) is 43.1 Å². The molecular formula is C18H22N2O2S. The van der Waals surface area contributed by atoms with Crippen molar-refractivity contribution in [3.63, 3.8) is 0 Å². The minimum absolute atomic E-state index is 0.143. The molecule has 122 valence electrons. The smallest absolute Gasteiger partial charge is 0.297 e. The largest absolute Gasteiger partial charge is 0.352 e. The number of rotatable bonds is 5. The summed E-state index contributed by atoms with van der Waals surface area (Å²) in [5.74, 6) is 0.227. The summed E-state index contributed by atoms with van der Waals surface area (Å²) >= 11 is 1.79. The summed E-state index contributed by atoms with van der Waals surface area (Å²) in [4.78, 5) is 30.1. The second-order valence-corrected chi connectivity index (χ2v) is 7.20. The fourth-order valence-electron chi connectivity index (χ4n) is 3.00. The molecule has 3 rings (SSSR count). The van der Waals surface area contributed by atoms with E-state index < -0.39 is 5.78 Å². The number of likely N-dealkylation sites (tertiary alicyclic amines) is 1. The lowest BCUT2D eigenvalue weighted by atomic mass is 10.1. The van der Waals surface area contributed by atoms with Crippen LogP contribution in [0, 0.1) is 0 Å². The van der Waals surface area contributed by atoms with Gasteiger partial charge >= 0.3 is 0 Å². The average Bonchev–Trinajstić information content (AvgIpc) is 3.03. The first-order chi connectivity index (χ1) is 11.2. The van der Waals surface area contributed by atoms with E-state index >= 15 is 0 Å². The molecule has 0 spiro atoms. The molecule has 4 nitrogen and oxygen atoms in total. The number of carbonyl (C=O) groups is 2. The quantitative estimate of drug-likeness (QED) is 0.669. The standard InChI is InChI=1S/C18H22N2O2S/c1-2-11-23-16-9-5-6-10-20(16)18(22)17(21)15-12-13-7-3-4-8-14(13)19-15/h3-4,7-8,12,16,19H,2,5-6,9-11H2,1H3. The van der Waals surface area contributed by atoms with Crippen LogP contribution in [-0.4, -0.2) is 39.2 Å². The van der Waals surface area contributed by atoms with Crippen molar-refractivity contribution in [3.05, 3.63) is 36.0 Å². The molecular weight excluding hydrogens is 308 g/mol.